The van der Waals surface area contributed by atoms with Crippen molar-refractivity contribution in [3.05, 3.63) is 18.0 Å². The molecule has 1 aromatic heterocycles. The van der Waals surface area contributed by atoms with Crippen molar-refractivity contribution in [2.45, 2.75) is 19.8 Å². The molecule has 1 rings (SSSR count). The van der Waals surface area contributed by atoms with Gasteiger partial charge in [-0.25, -0.2) is 0 Å². The van der Waals surface area contributed by atoms with Gasteiger partial charge in [-0.3, -0.25) is 9.69 Å². The average molecular weight is 216 g/mol. The van der Waals surface area contributed by atoms with Crippen LogP contribution in [-0.2, 0) is 0 Å². The minimum Gasteiger partial charge on any atom is -0.489 e. The van der Waals surface area contributed by atoms with E-state index < -0.39 is 0 Å². The maximum Gasteiger partial charge on any atom is 0.145 e. The molecular weight excluding hydrogens is 199 g/mol. The van der Waals surface area contributed by atoms with Gasteiger partial charge in [0.25, 0.3) is 0 Å². The monoisotopic (exact) mass is 216 g/mol. The van der Waals surface area contributed by atoms with Crippen LogP contribution in [0.15, 0.2) is 12.3 Å². The normalized spacial score (nSPS) is 9.87. The molecule has 0 amide bonds. The first-order chi connectivity index (χ1) is 6.66. The SMILES string of the molecule is CC(C)c1nccc(OCCO)c1N.F. The van der Waals surface area contributed by atoms with Gasteiger partial charge in [0.2, 0.25) is 0 Å². The Hall–Kier alpha value is -1.36. The Balaban J connectivity index is 0.00000196. The van der Waals surface area contributed by atoms with E-state index in [4.69, 9.17) is 15.6 Å². The highest BCUT2D eigenvalue weighted by atomic mass is 19.0. The minimum atomic E-state index is -0.0151. The molecule has 15 heavy (non-hydrogen) atoms. The topological polar surface area (TPSA) is 68.4 Å². The number of nitrogens with zero attached hydrogens (tertiary/aromatic N) is 1. The predicted molar refractivity (Wildman–Crippen MR) is 57.8 cm³/mol. The number of ether oxygens (including phenoxy) is 1. The summed E-state index contributed by atoms with van der Waals surface area (Å²) in [4.78, 5) is 4.18. The first-order valence-electron chi connectivity index (χ1n) is 4.64. The molecule has 1 aromatic rings. The lowest BCUT2D eigenvalue weighted by molar-refractivity contribution is 0.202. The van der Waals surface area contributed by atoms with Gasteiger partial charge in [-0.2, -0.15) is 0 Å². The van der Waals surface area contributed by atoms with Gasteiger partial charge >= 0.3 is 0 Å². The summed E-state index contributed by atoms with van der Waals surface area (Å²) in [5, 5.41) is 8.62. The maximum atomic E-state index is 8.62. The van der Waals surface area contributed by atoms with Gasteiger partial charge in [0.05, 0.1) is 18.0 Å². The molecule has 0 bridgehead atoms. The van der Waals surface area contributed by atoms with Gasteiger partial charge in [0, 0.05) is 12.3 Å². The smallest absolute Gasteiger partial charge is 0.145 e. The molecule has 0 aliphatic heterocycles. The zero-order chi connectivity index (χ0) is 10.6. The second-order valence-corrected chi connectivity index (χ2v) is 3.33. The summed E-state index contributed by atoms with van der Waals surface area (Å²) < 4.78 is 5.26. The summed E-state index contributed by atoms with van der Waals surface area (Å²) in [7, 11) is 0. The molecule has 0 saturated carbocycles. The molecule has 4 nitrogen and oxygen atoms in total. The van der Waals surface area contributed by atoms with Crippen molar-refractivity contribution in [2.24, 2.45) is 0 Å². The third-order valence-corrected chi connectivity index (χ3v) is 1.88. The van der Waals surface area contributed by atoms with Gasteiger partial charge in [-0.15, -0.1) is 0 Å². The molecular formula is C10H17FN2O2. The number of hydrogen-bond acceptors (Lipinski definition) is 4. The van der Waals surface area contributed by atoms with E-state index in [1.54, 1.807) is 12.3 Å². The molecule has 0 atom stereocenters. The fraction of sp³-hybridized carbons (Fsp3) is 0.500. The number of aliphatic hydroxyl groups is 1. The molecule has 0 fully saturated rings. The first-order valence-corrected chi connectivity index (χ1v) is 4.64. The molecule has 0 radical (unpaired) electrons. The summed E-state index contributed by atoms with van der Waals surface area (Å²) in [6.07, 6.45) is 1.67. The van der Waals surface area contributed by atoms with E-state index in [9.17, 15) is 0 Å². The van der Waals surface area contributed by atoms with Crippen LogP contribution in [0.5, 0.6) is 5.75 Å². The molecule has 0 spiro atoms. The maximum absolute atomic E-state index is 8.62. The quantitative estimate of drug-likeness (QED) is 0.796. The van der Waals surface area contributed by atoms with Crippen LogP contribution in [0.25, 0.3) is 0 Å². The number of rotatable bonds is 4. The van der Waals surface area contributed by atoms with Crippen molar-refractivity contribution in [3.8, 4) is 5.75 Å². The van der Waals surface area contributed by atoms with E-state index in [0.717, 1.165) is 5.69 Å². The summed E-state index contributed by atoms with van der Waals surface area (Å²) in [5.41, 5.74) is 7.26. The lowest BCUT2D eigenvalue weighted by Gasteiger charge is -2.12. The van der Waals surface area contributed by atoms with Crippen molar-refractivity contribution in [2.75, 3.05) is 18.9 Å². The fourth-order valence-corrected chi connectivity index (χ4v) is 1.21. The Morgan fingerprint density at radius 2 is 2.20 bits per heavy atom. The second-order valence-electron chi connectivity index (χ2n) is 3.33. The van der Waals surface area contributed by atoms with Crippen molar-refractivity contribution < 1.29 is 14.5 Å². The first kappa shape index (κ1) is 13.6. The Bertz CT molecular complexity index is 305. The Morgan fingerprint density at radius 3 is 2.73 bits per heavy atom. The minimum absolute atomic E-state index is 0. The van der Waals surface area contributed by atoms with Crippen LogP contribution in [0.1, 0.15) is 25.5 Å². The number of aliphatic hydroxyl groups excluding tert-OH is 1. The highest BCUT2D eigenvalue weighted by Crippen LogP contribution is 2.27. The Labute approximate surface area is 88.5 Å². The predicted octanol–water partition coefficient (Wildman–Crippen LogP) is 1.31. The molecule has 0 saturated heterocycles. The zero-order valence-electron chi connectivity index (χ0n) is 8.93. The van der Waals surface area contributed by atoms with Gasteiger partial charge in [-0.1, -0.05) is 13.8 Å². The molecule has 0 aliphatic rings. The van der Waals surface area contributed by atoms with Crippen LogP contribution < -0.4 is 10.5 Å². The molecule has 3 N–H and O–H groups in total. The van der Waals surface area contributed by atoms with E-state index in [1.807, 2.05) is 13.8 Å². The van der Waals surface area contributed by atoms with Crippen LogP contribution in [-0.4, -0.2) is 23.3 Å². The van der Waals surface area contributed by atoms with Gasteiger partial charge in [-0.05, 0) is 5.92 Å². The van der Waals surface area contributed by atoms with E-state index >= 15 is 0 Å². The standard InChI is InChI=1S/C10H16N2O2.FH/c1-7(2)10-9(11)8(3-4-12-10)14-6-5-13;/h3-4,7,13H,5-6,11H2,1-2H3;1H. The molecule has 1 heterocycles. The average Bonchev–Trinajstić information content (AvgIpc) is 2.16. The van der Waals surface area contributed by atoms with Crippen molar-refractivity contribution >= 4 is 5.69 Å². The van der Waals surface area contributed by atoms with Gasteiger partial charge < -0.3 is 15.6 Å². The highest BCUT2D eigenvalue weighted by molar-refractivity contribution is 5.56. The van der Waals surface area contributed by atoms with Crippen LogP contribution in [0, 0.1) is 0 Å². The third kappa shape index (κ3) is 3.36. The van der Waals surface area contributed by atoms with E-state index in [2.05, 4.69) is 4.98 Å². The zero-order valence-corrected chi connectivity index (χ0v) is 8.93. The van der Waals surface area contributed by atoms with Crippen molar-refractivity contribution in [1.82, 2.24) is 4.98 Å². The summed E-state index contributed by atoms with van der Waals surface area (Å²) >= 11 is 0. The Kier molecular flexibility index (Phi) is 5.62. The summed E-state index contributed by atoms with van der Waals surface area (Å²) in [6, 6.07) is 1.71. The second kappa shape index (κ2) is 6.19. The van der Waals surface area contributed by atoms with Gasteiger partial charge in [0.1, 0.15) is 12.4 Å². The van der Waals surface area contributed by atoms with E-state index in [-0.39, 0.29) is 23.8 Å². The van der Waals surface area contributed by atoms with Crippen LogP contribution in [0.4, 0.5) is 10.4 Å². The van der Waals surface area contributed by atoms with Gasteiger partial charge in [0.15, 0.2) is 0 Å². The number of nitrogens with two attached hydrogens (primary N) is 1. The van der Waals surface area contributed by atoms with Crippen LogP contribution in [0.3, 0.4) is 0 Å². The summed E-state index contributed by atoms with van der Waals surface area (Å²) in [5.74, 6) is 0.866. The van der Waals surface area contributed by atoms with Crippen molar-refractivity contribution in [3.63, 3.8) is 0 Å². The fourth-order valence-electron chi connectivity index (χ4n) is 1.21. The molecule has 86 valence electrons. The number of anilines is 1. The highest BCUT2D eigenvalue weighted by Gasteiger charge is 2.10. The van der Waals surface area contributed by atoms with E-state index in [0.29, 0.717) is 11.4 Å². The number of hydrogen-bond donors (Lipinski definition) is 2. The molecule has 0 aromatic carbocycles. The summed E-state index contributed by atoms with van der Waals surface area (Å²) in [6.45, 7) is 4.29. The van der Waals surface area contributed by atoms with Crippen LogP contribution >= 0.6 is 0 Å². The lowest BCUT2D eigenvalue weighted by atomic mass is 10.1. The number of nitrogen functional groups attached to an aromatic ring is 1. The number of aromatic nitrogens is 1. The lowest BCUT2D eigenvalue weighted by Crippen LogP contribution is -2.07. The van der Waals surface area contributed by atoms with E-state index in [1.165, 1.54) is 0 Å². The largest absolute Gasteiger partial charge is 0.489 e. The Morgan fingerprint density at radius 1 is 1.53 bits per heavy atom. The third-order valence-electron chi connectivity index (χ3n) is 1.88. The number of halogens is 1. The van der Waals surface area contributed by atoms with Crippen LogP contribution in [0.2, 0.25) is 0 Å². The number of pyridine rings is 1. The molecule has 0 aliphatic carbocycles. The van der Waals surface area contributed by atoms with Crippen molar-refractivity contribution in [1.29, 1.82) is 0 Å². The molecule has 5 heteroatoms. The molecule has 0 unspecified atom stereocenters.